The van der Waals surface area contributed by atoms with Crippen molar-refractivity contribution in [3.05, 3.63) is 0 Å². The molecule has 1 fully saturated rings. The summed E-state index contributed by atoms with van der Waals surface area (Å²) in [5.41, 5.74) is 5.88. The maximum atomic E-state index is 11.8. The van der Waals surface area contributed by atoms with Crippen molar-refractivity contribution in [3.8, 4) is 0 Å². The Morgan fingerprint density at radius 2 is 2.00 bits per heavy atom. The minimum atomic E-state index is 0.137. The summed E-state index contributed by atoms with van der Waals surface area (Å²) in [4.78, 5) is 11.8. The van der Waals surface area contributed by atoms with E-state index < -0.39 is 0 Å². The molecule has 0 aromatic carbocycles. The largest absolute Gasteiger partial charge is 0.356 e. The standard InChI is InChI=1S/C13H26N2O/c1-3-11(4-2)9-15-12(16)8-13(10-14)6-5-7-13/h11H,3-10,14H2,1-2H3,(H,15,16). The van der Waals surface area contributed by atoms with Gasteiger partial charge in [0, 0.05) is 13.0 Å². The third-order valence-corrected chi connectivity index (χ3v) is 4.13. The fraction of sp³-hybridized carbons (Fsp3) is 0.923. The Kier molecular flexibility index (Phi) is 5.26. The van der Waals surface area contributed by atoms with E-state index >= 15 is 0 Å². The van der Waals surface area contributed by atoms with E-state index in [9.17, 15) is 4.79 Å². The van der Waals surface area contributed by atoms with Crippen LogP contribution in [0.15, 0.2) is 0 Å². The third kappa shape index (κ3) is 3.48. The van der Waals surface area contributed by atoms with Gasteiger partial charge in [-0.25, -0.2) is 0 Å². The number of nitrogens with two attached hydrogens (primary N) is 1. The number of hydrogen-bond donors (Lipinski definition) is 2. The molecule has 0 spiro atoms. The van der Waals surface area contributed by atoms with Crippen LogP contribution in [0.5, 0.6) is 0 Å². The first kappa shape index (κ1) is 13.5. The predicted octanol–water partition coefficient (Wildman–Crippen LogP) is 2.06. The van der Waals surface area contributed by atoms with Gasteiger partial charge in [-0.2, -0.15) is 0 Å². The van der Waals surface area contributed by atoms with Gasteiger partial charge in [-0.1, -0.05) is 33.1 Å². The first-order valence-electron chi connectivity index (χ1n) is 6.62. The van der Waals surface area contributed by atoms with Crippen LogP contribution in [0.25, 0.3) is 0 Å². The van der Waals surface area contributed by atoms with Crippen LogP contribution in [0, 0.1) is 11.3 Å². The molecule has 0 unspecified atom stereocenters. The summed E-state index contributed by atoms with van der Waals surface area (Å²) in [6, 6.07) is 0. The van der Waals surface area contributed by atoms with Crippen molar-refractivity contribution >= 4 is 5.91 Å². The van der Waals surface area contributed by atoms with E-state index in [4.69, 9.17) is 5.73 Å². The molecule has 1 rings (SSSR count). The summed E-state index contributed by atoms with van der Waals surface area (Å²) in [7, 11) is 0. The number of amides is 1. The topological polar surface area (TPSA) is 55.1 Å². The molecule has 1 saturated carbocycles. The Hall–Kier alpha value is -0.570. The number of rotatable bonds is 7. The van der Waals surface area contributed by atoms with Gasteiger partial charge in [0.05, 0.1) is 0 Å². The van der Waals surface area contributed by atoms with E-state index in [-0.39, 0.29) is 11.3 Å². The molecule has 16 heavy (non-hydrogen) atoms. The van der Waals surface area contributed by atoms with E-state index in [1.165, 1.54) is 6.42 Å². The van der Waals surface area contributed by atoms with Crippen LogP contribution < -0.4 is 11.1 Å². The molecule has 0 aromatic rings. The lowest BCUT2D eigenvalue weighted by Gasteiger charge is -2.40. The molecule has 3 N–H and O–H groups in total. The van der Waals surface area contributed by atoms with Crippen LogP contribution in [-0.2, 0) is 4.79 Å². The highest BCUT2D eigenvalue weighted by atomic mass is 16.1. The summed E-state index contributed by atoms with van der Waals surface area (Å²) < 4.78 is 0. The molecule has 0 radical (unpaired) electrons. The molecule has 0 aliphatic heterocycles. The lowest BCUT2D eigenvalue weighted by Crippen LogP contribution is -2.42. The van der Waals surface area contributed by atoms with E-state index in [0.717, 1.165) is 32.2 Å². The molecule has 0 atom stereocenters. The zero-order valence-corrected chi connectivity index (χ0v) is 10.7. The highest BCUT2D eigenvalue weighted by Crippen LogP contribution is 2.42. The average molecular weight is 226 g/mol. The van der Waals surface area contributed by atoms with Gasteiger partial charge in [0.2, 0.25) is 5.91 Å². The van der Waals surface area contributed by atoms with Gasteiger partial charge >= 0.3 is 0 Å². The van der Waals surface area contributed by atoms with Gasteiger partial charge in [-0.3, -0.25) is 4.79 Å². The second kappa shape index (κ2) is 6.24. The number of carbonyl (C=O) groups excluding carboxylic acids is 1. The van der Waals surface area contributed by atoms with Crippen LogP contribution in [0.1, 0.15) is 52.4 Å². The highest BCUT2D eigenvalue weighted by Gasteiger charge is 2.37. The van der Waals surface area contributed by atoms with Crippen LogP contribution >= 0.6 is 0 Å². The zero-order chi connectivity index (χ0) is 12.0. The van der Waals surface area contributed by atoms with Crippen LogP contribution in [-0.4, -0.2) is 19.0 Å². The summed E-state index contributed by atoms with van der Waals surface area (Å²) in [6.45, 7) is 5.83. The first-order chi connectivity index (χ1) is 7.65. The monoisotopic (exact) mass is 226 g/mol. The van der Waals surface area contributed by atoms with E-state index in [0.29, 0.717) is 18.9 Å². The Labute approximate surface area is 99.2 Å². The minimum absolute atomic E-state index is 0.137. The molecular weight excluding hydrogens is 200 g/mol. The lowest BCUT2D eigenvalue weighted by atomic mass is 9.66. The zero-order valence-electron chi connectivity index (χ0n) is 10.7. The second-order valence-corrected chi connectivity index (χ2v) is 5.22. The van der Waals surface area contributed by atoms with Gasteiger partial charge in [-0.05, 0) is 30.7 Å². The Balaban J connectivity index is 2.25. The summed E-state index contributed by atoms with van der Waals surface area (Å²) in [5.74, 6) is 0.816. The smallest absolute Gasteiger partial charge is 0.220 e. The van der Waals surface area contributed by atoms with E-state index in [1.807, 2.05) is 0 Å². The van der Waals surface area contributed by atoms with Crippen molar-refractivity contribution in [1.29, 1.82) is 0 Å². The Bertz CT molecular complexity index is 214. The molecule has 1 aliphatic rings. The quantitative estimate of drug-likeness (QED) is 0.698. The van der Waals surface area contributed by atoms with Gasteiger partial charge < -0.3 is 11.1 Å². The summed E-state index contributed by atoms with van der Waals surface area (Å²) >= 11 is 0. The molecule has 0 heterocycles. The van der Waals surface area contributed by atoms with Gasteiger partial charge in [0.15, 0.2) is 0 Å². The van der Waals surface area contributed by atoms with Crippen molar-refractivity contribution in [2.24, 2.45) is 17.1 Å². The van der Waals surface area contributed by atoms with Crippen molar-refractivity contribution in [2.75, 3.05) is 13.1 Å². The van der Waals surface area contributed by atoms with Crippen LogP contribution in [0.3, 0.4) is 0 Å². The maximum Gasteiger partial charge on any atom is 0.220 e. The fourth-order valence-electron chi connectivity index (χ4n) is 2.37. The summed E-state index contributed by atoms with van der Waals surface area (Å²) in [5, 5.41) is 3.05. The molecular formula is C13H26N2O. The predicted molar refractivity (Wildman–Crippen MR) is 67.0 cm³/mol. The molecule has 0 saturated heterocycles. The highest BCUT2D eigenvalue weighted by molar-refractivity contribution is 5.76. The normalized spacial score (nSPS) is 18.2. The minimum Gasteiger partial charge on any atom is -0.356 e. The van der Waals surface area contributed by atoms with Crippen molar-refractivity contribution in [1.82, 2.24) is 5.32 Å². The maximum absolute atomic E-state index is 11.8. The summed E-state index contributed by atoms with van der Waals surface area (Å²) in [6.07, 6.45) is 6.39. The van der Waals surface area contributed by atoms with Crippen molar-refractivity contribution in [2.45, 2.75) is 52.4 Å². The Morgan fingerprint density at radius 3 is 2.38 bits per heavy atom. The Morgan fingerprint density at radius 1 is 1.38 bits per heavy atom. The SMILES string of the molecule is CCC(CC)CNC(=O)CC1(CN)CCC1. The van der Waals surface area contributed by atoms with Gasteiger partial charge in [0.25, 0.3) is 0 Å². The van der Waals surface area contributed by atoms with Gasteiger partial charge in [0.1, 0.15) is 0 Å². The average Bonchev–Trinajstić information content (AvgIpc) is 2.25. The number of hydrogen-bond acceptors (Lipinski definition) is 2. The van der Waals surface area contributed by atoms with Gasteiger partial charge in [-0.15, -0.1) is 0 Å². The third-order valence-electron chi connectivity index (χ3n) is 4.13. The first-order valence-corrected chi connectivity index (χ1v) is 6.62. The van der Waals surface area contributed by atoms with Crippen molar-refractivity contribution < 1.29 is 4.79 Å². The second-order valence-electron chi connectivity index (χ2n) is 5.22. The molecule has 1 amide bonds. The van der Waals surface area contributed by atoms with E-state index in [2.05, 4.69) is 19.2 Å². The molecule has 0 aromatic heterocycles. The molecule has 3 nitrogen and oxygen atoms in total. The van der Waals surface area contributed by atoms with E-state index in [1.54, 1.807) is 0 Å². The molecule has 3 heteroatoms. The number of carbonyl (C=O) groups is 1. The van der Waals surface area contributed by atoms with Crippen molar-refractivity contribution in [3.63, 3.8) is 0 Å². The molecule has 1 aliphatic carbocycles. The fourth-order valence-corrected chi connectivity index (χ4v) is 2.37. The number of nitrogens with one attached hydrogen (secondary N) is 1. The molecule has 0 bridgehead atoms. The van der Waals surface area contributed by atoms with Crippen LogP contribution in [0.4, 0.5) is 0 Å². The van der Waals surface area contributed by atoms with Crippen LogP contribution in [0.2, 0.25) is 0 Å². The lowest BCUT2D eigenvalue weighted by molar-refractivity contribution is -0.124. The molecule has 94 valence electrons.